The quantitative estimate of drug-likeness (QED) is 0.348. The highest BCUT2D eigenvalue weighted by Gasteiger charge is 2.12. The minimum Gasteiger partial charge on any atom is -0.395 e. The number of nitrogens with one attached hydrogen (secondary N) is 2. The van der Waals surface area contributed by atoms with Gasteiger partial charge in [0.15, 0.2) is 5.65 Å². The van der Waals surface area contributed by atoms with Gasteiger partial charge >= 0.3 is 0 Å². The Morgan fingerprint density at radius 3 is 2.84 bits per heavy atom. The van der Waals surface area contributed by atoms with Gasteiger partial charge in [-0.15, -0.1) is 0 Å². The number of hydrogen-bond donors (Lipinski definition) is 3. The summed E-state index contributed by atoms with van der Waals surface area (Å²) in [5.74, 6) is 1.25. The average Bonchev–Trinajstić information content (AvgIpc) is 3.56. The van der Waals surface area contributed by atoms with Crippen molar-refractivity contribution in [3.63, 3.8) is 0 Å². The molecule has 0 fully saturated rings. The van der Waals surface area contributed by atoms with Gasteiger partial charge in [0.05, 0.1) is 23.9 Å². The number of hydrogen-bond acceptors (Lipinski definition) is 7. The maximum absolute atomic E-state index is 9.23. The van der Waals surface area contributed by atoms with E-state index in [-0.39, 0.29) is 6.61 Å². The van der Waals surface area contributed by atoms with Crippen LogP contribution < -0.4 is 10.7 Å². The first-order valence-electron chi connectivity index (χ1n) is 10.4. The van der Waals surface area contributed by atoms with E-state index in [0.717, 1.165) is 34.4 Å². The summed E-state index contributed by atoms with van der Waals surface area (Å²) in [5.41, 5.74) is 7.20. The summed E-state index contributed by atoms with van der Waals surface area (Å²) >= 11 is 0. The molecule has 0 radical (unpaired) electrons. The Labute approximate surface area is 184 Å². The Morgan fingerprint density at radius 1 is 1.06 bits per heavy atom. The van der Waals surface area contributed by atoms with Crippen LogP contribution in [0.25, 0.3) is 22.2 Å². The zero-order valence-electron chi connectivity index (χ0n) is 17.5. The highest BCUT2D eigenvalue weighted by Crippen LogP contribution is 2.25. The van der Waals surface area contributed by atoms with Gasteiger partial charge in [-0.3, -0.25) is 10.1 Å². The first-order valence-corrected chi connectivity index (χ1v) is 10.4. The molecule has 1 aromatic carbocycles. The van der Waals surface area contributed by atoms with E-state index in [0.29, 0.717) is 18.3 Å². The zero-order chi connectivity index (χ0) is 21.9. The average molecular weight is 429 g/mol. The molecule has 0 bridgehead atoms. The summed E-state index contributed by atoms with van der Waals surface area (Å²) in [4.78, 5) is 13.1. The van der Waals surface area contributed by atoms with Crippen LogP contribution in [0.1, 0.15) is 6.92 Å². The van der Waals surface area contributed by atoms with Gasteiger partial charge in [0.25, 0.3) is 0 Å². The van der Waals surface area contributed by atoms with Crippen molar-refractivity contribution in [1.82, 2.24) is 34.0 Å². The first-order chi connectivity index (χ1) is 15.7. The second-order valence-electron chi connectivity index (χ2n) is 7.22. The normalized spacial score (nSPS) is 11.2. The maximum Gasteiger partial charge on any atom is 0.208 e. The van der Waals surface area contributed by atoms with Crippen LogP contribution in [-0.4, -0.2) is 45.7 Å². The summed E-state index contributed by atoms with van der Waals surface area (Å²) in [5, 5.41) is 17.7. The number of benzene rings is 1. The van der Waals surface area contributed by atoms with E-state index in [9.17, 15) is 5.11 Å². The number of aliphatic hydroxyl groups excluding tert-OH is 1. The lowest BCUT2D eigenvalue weighted by Crippen LogP contribution is -2.09. The Morgan fingerprint density at radius 2 is 2.00 bits per heavy atom. The van der Waals surface area contributed by atoms with Crippen LogP contribution >= 0.6 is 0 Å². The van der Waals surface area contributed by atoms with Gasteiger partial charge in [-0.2, -0.15) is 5.10 Å². The predicted molar refractivity (Wildman–Crippen MR) is 122 cm³/mol. The van der Waals surface area contributed by atoms with Gasteiger partial charge in [0, 0.05) is 43.4 Å². The molecular formula is C22H23N9O. The molecule has 3 N–H and O–H groups in total. The second kappa shape index (κ2) is 8.52. The number of imidazole rings is 1. The Hall–Kier alpha value is -4.18. The van der Waals surface area contributed by atoms with Crippen molar-refractivity contribution >= 4 is 28.5 Å². The molecule has 0 saturated carbocycles. The van der Waals surface area contributed by atoms with Crippen LogP contribution in [0.15, 0.2) is 67.6 Å². The fourth-order valence-corrected chi connectivity index (χ4v) is 3.56. The summed E-state index contributed by atoms with van der Waals surface area (Å²) in [6.45, 7) is 3.38. The number of aliphatic hydroxyl groups is 1. The minimum atomic E-state index is 0.0306. The Balaban J connectivity index is 1.42. The first kappa shape index (κ1) is 19.8. The van der Waals surface area contributed by atoms with E-state index < -0.39 is 0 Å². The number of aryl methyl sites for hydroxylation is 1. The number of rotatable bonds is 8. The van der Waals surface area contributed by atoms with Crippen molar-refractivity contribution in [2.75, 3.05) is 17.3 Å². The summed E-state index contributed by atoms with van der Waals surface area (Å²) < 4.78 is 5.60. The summed E-state index contributed by atoms with van der Waals surface area (Å²) in [6, 6.07) is 10.1. The number of fused-ring (bicyclic) bond motifs is 1. The lowest BCUT2D eigenvalue weighted by atomic mass is 10.1. The van der Waals surface area contributed by atoms with Crippen LogP contribution in [0.5, 0.6) is 0 Å². The number of aromatic nitrogens is 7. The predicted octanol–water partition coefficient (Wildman–Crippen LogP) is 3.12. The molecule has 10 nitrogen and oxygen atoms in total. The fourth-order valence-electron chi connectivity index (χ4n) is 3.56. The van der Waals surface area contributed by atoms with Gasteiger partial charge in [0.1, 0.15) is 12.1 Å². The SMILES string of the molecule is CCn1cc(-c2cccc(Nn3ccc4c(Nc5nccn5CCO)ncnc43)c2)cn1. The van der Waals surface area contributed by atoms with Crippen molar-refractivity contribution in [2.45, 2.75) is 20.0 Å². The minimum absolute atomic E-state index is 0.0306. The Kier molecular flexibility index (Phi) is 5.26. The van der Waals surface area contributed by atoms with E-state index in [4.69, 9.17) is 0 Å². The monoisotopic (exact) mass is 429 g/mol. The number of anilines is 3. The van der Waals surface area contributed by atoms with E-state index in [1.165, 1.54) is 6.33 Å². The molecule has 0 spiro atoms. The van der Waals surface area contributed by atoms with Crippen LogP contribution in [0.4, 0.5) is 17.5 Å². The standard InChI is InChI=1S/C22H23N9O/c1-2-30-14-17(13-26-30)16-4-3-5-18(12-16)28-31-8-6-19-20(24-15-25-21(19)31)27-22-23-7-9-29(22)10-11-32/h3-9,12-15,28,32H,2,10-11H2,1H3,(H,23,24,25,27). The molecule has 0 aliphatic heterocycles. The molecule has 0 aliphatic rings. The van der Waals surface area contributed by atoms with Gasteiger partial charge < -0.3 is 15.0 Å². The smallest absolute Gasteiger partial charge is 0.208 e. The third-order valence-corrected chi connectivity index (χ3v) is 5.17. The molecule has 5 rings (SSSR count). The third-order valence-electron chi connectivity index (χ3n) is 5.17. The van der Waals surface area contributed by atoms with Gasteiger partial charge in [-0.1, -0.05) is 12.1 Å². The molecule has 162 valence electrons. The molecule has 0 atom stereocenters. The largest absolute Gasteiger partial charge is 0.395 e. The molecule has 32 heavy (non-hydrogen) atoms. The van der Waals surface area contributed by atoms with E-state index in [1.807, 2.05) is 50.7 Å². The van der Waals surface area contributed by atoms with Crippen molar-refractivity contribution < 1.29 is 5.11 Å². The van der Waals surface area contributed by atoms with Crippen LogP contribution in [0.2, 0.25) is 0 Å². The zero-order valence-corrected chi connectivity index (χ0v) is 17.5. The van der Waals surface area contributed by atoms with Gasteiger partial charge in [-0.25, -0.2) is 19.6 Å². The third kappa shape index (κ3) is 3.79. The molecular weight excluding hydrogens is 406 g/mol. The molecule has 0 unspecified atom stereocenters. The lowest BCUT2D eigenvalue weighted by Gasteiger charge is -2.11. The molecule has 0 amide bonds. The van der Waals surface area contributed by atoms with Crippen molar-refractivity contribution in [3.05, 3.63) is 67.6 Å². The Bertz CT molecular complexity index is 1350. The van der Waals surface area contributed by atoms with Crippen molar-refractivity contribution in [1.29, 1.82) is 0 Å². The molecule has 10 heteroatoms. The topological polar surface area (TPSA) is 111 Å². The number of nitrogens with zero attached hydrogens (tertiary/aromatic N) is 7. The van der Waals surface area contributed by atoms with Crippen molar-refractivity contribution in [3.8, 4) is 11.1 Å². The van der Waals surface area contributed by atoms with E-state index >= 15 is 0 Å². The molecule has 0 aliphatic carbocycles. The lowest BCUT2D eigenvalue weighted by molar-refractivity contribution is 0.277. The highest BCUT2D eigenvalue weighted by atomic mass is 16.3. The second-order valence-corrected chi connectivity index (χ2v) is 7.22. The fraction of sp³-hybridized carbons (Fsp3) is 0.182. The summed E-state index contributed by atoms with van der Waals surface area (Å²) in [6.07, 6.45) is 10.8. The molecule has 4 heterocycles. The van der Waals surface area contributed by atoms with E-state index in [1.54, 1.807) is 12.4 Å². The molecule has 0 saturated heterocycles. The van der Waals surface area contributed by atoms with Crippen LogP contribution in [-0.2, 0) is 13.1 Å². The molecule has 4 aromatic heterocycles. The van der Waals surface area contributed by atoms with Gasteiger partial charge in [-0.05, 0) is 30.7 Å². The maximum atomic E-state index is 9.23. The van der Waals surface area contributed by atoms with Gasteiger partial charge in [0.2, 0.25) is 5.95 Å². The van der Waals surface area contributed by atoms with Crippen molar-refractivity contribution in [2.24, 2.45) is 0 Å². The molecule has 5 aromatic rings. The van der Waals surface area contributed by atoms with E-state index in [2.05, 4.69) is 49.8 Å². The highest BCUT2D eigenvalue weighted by molar-refractivity contribution is 5.89. The van der Waals surface area contributed by atoms with Crippen LogP contribution in [0.3, 0.4) is 0 Å². The summed E-state index contributed by atoms with van der Waals surface area (Å²) in [7, 11) is 0. The van der Waals surface area contributed by atoms with Crippen LogP contribution in [0, 0.1) is 0 Å².